The Morgan fingerprint density at radius 2 is 1.33 bits per heavy atom. The Balaban J connectivity index is 1.55. The highest BCUT2D eigenvalue weighted by atomic mass is 32.2. The van der Waals surface area contributed by atoms with Crippen molar-refractivity contribution in [2.24, 2.45) is 0 Å². The Morgan fingerprint density at radius 3 is 1.87 bits per heavy atom. The van der Waals surface area contributed by atoms with E-state index in [0.717, 1.165) is 22.9 Å². The summed E-state index contributed by atoms with van der Waals surface area (Å²) in [6.07, 6.45) is -4.14. The molecule has 1 aliphatic rings. The Kier molecular flexibility index (Phi) is 13.1. The van der Waals surface area contributed by atoms with Gasteiger partial charge in [-0.15, -0.1) is 0 Å². The molecule has 5 atom stereocenters. The lowest BCUT2D eigenvalue weighted by Crippen LogP contribution is -2.44. The maximum Gasteiger partial charge on any atom is 0.347 e. The van der Waals surface area contributed by atoms with Gasteiger partial charge in [-0.3, -0.25) is 14.6 Å². The average molecular weight is 732 g/mol. The van der Waals surface area contributed by atoms with E-state index in [9.17, 15) is 28.8 Å². The maximum absolute atomic E-state index is 13.5. The molecule has 0 aliphatic carbocycles. The van der Waals surface area contributed by atoms with Crippen molar-refractivity contribution < 1.29 is 42.9 Å². The quantitative estimate of drug-likeness (QED) is 0.104. The van der Waals surface area contributed by atoms with E-state index in [0.29, 0.717) is 12.8 Å². The van der Waals surface area contributed by atoms with Gasteiger partial charge in [-0.25, -0.2) is 19.2 Å². The first-order valence-corrected chi connectivity index (χ1v) is 17.5. The van der Waals surface area contributed by atoms with Crippen molar-refractivity contribution >= 4 is 35.6 Å². The highest BCUT2D eigenvalue weighted by Crippen LogP contribution is 2.35. The van der Waals surface area contributed by atoms with Crippen LogP contribution in [-0.2, 0) is 28.5 Å². The van der Waals surface area contributed by atoms with Gasteiger partial charge >= 0.3 is 29.6 Å². The molecule has 14 nitrogen and oxygen atoms in total. The second-order valence-corrected chi connectivity index (χ2v) is 12.7. The molecule has 0 saturated carbocycles. The summed E-state index contributed by atoms with van der Waals surface area (Å²) >= 11 is 0.811. The number of rotatable bonds is 15. The van der Waals surface area contributed by atoms with Crippen molar-refractivity contribution in [3.05, 3.63) is 129 Å². The van der Waals surface area contributed by atoms with Crippen molar-refractivity contribution in [1.29, 1.82) is 0 Å². The number of carbonyl (C=O) groups excluding carboxylic acids is 4. The number of nitrogens with one attached hydrogen (secondary N) is 1. The third kappa shape index (κ3) is 9.41. The molecule has 1 aromatic heterocycles. The zero-order valence-corrected chi connectivity index (χ0v) is 29.2. The standard InChI is InChI=1S/C37H37N3O11S/c1-3-5-21-27(36(45)47-4-2)52-31-30(41)38-37(46)40(39-31)32-29(51-35(44)25-19-13-8-14-20-25)28(50-34(43)24-17-11-7-12-18-24)26(49-32)22-48-33(42)23-15-9-6-10-16-23/h6-20,26-29,32H,3-5,21-22H2,1-2H3,(H,38,41,46)/t26-,27+,28+,29+,32+/m0/s1. The lowest BCUT2D eigenvalue weighted by molar-refractivity contribution is -0.142. The molecule has 0 unspecified atom stereocenters. The summed E-state index contributed by atoms with van der Waals surface area (Å²) in [5, 5.41) is 3.19. The molecule has 52 heavy (non-hydrogen) atoms. The van der Waals surface area contributed by atoms with E-state index in [2.05, 4.69) is 10.1 Å². The number of H-pyrrole nitrogens is 1. The van der Waals surface area contributed by atoms with Crippen LogP contribution in [-0.4, -0.2) is 75.4 Å². The fourth-order valence-corrected chi connectivity index (χ4v) is 6.30. The van der Waals surface area contributed by atoms with Gasteiger partial charge in [0.05, 0.1) is 23.3 Å². The first-order valence-electron chi connectivity index (χ1n) is 16.7. The van der Waals surface area contributed by atoms with Crippen molar-refractivity contribution in [1.82, 2.24) is 14.8 Å². The number of esters is 4. The normalized spacial score (nSPS) is 18.6. The van der Waals surface area contributed by atoms with Crippen LogP contribution in [0.15, 0.2) is 106 Å². The third-order valence-electron chi connectivity index (χ3n) is 7.86. The topological polar surface area (TPSA) is 182 Å². The molecule has 0 radical (unpaired) electrons. The number of hydrogen-bond donors (Lipinski definition) is 1. The number of aromatic nitrogens is 3. The van der Waals surface area contributed by atoms with Gasteiger partial charge in [-0.05, 0) is 49.7 Å². The van der Waals surface area contributed by atoms with Crippen LogP contribution < -0.4 is 11.2 Å². The lowest BCUT2D eigenvalue weighted by atomic mass is 10.1. The molecule has 0 amide bonds. The zero-order chi connectivity index (χ0) is 37.0. The fourth-order valence-electron chi connectivity index (χ4n) is 5.28. The molecule has 0 spiro atoms. The smallest absolute Gasteiger partial charge is 0.347 e. The number of benzene rings is 3. The summed E-state index contributed by atoms with van der Waals surface area (Å²) in [5.74, 6) is -2.94. The predicted molar refractivity (Wildman–Crippen MR) is 187 cm³/mol. The number of aromatic amines is 1. The van der Waals surface area contributed by atoms with Crippen LogP contribution in [0.2, 0.25) is 0 Å². The molecule has 272 valence electrons. The molecule has 1 fully saturated rings. The molecule has 2 heterocycles. The van der Waals surface area contributed by atoms with Gasteiger partial charge in [0.2, 0.25) is 0 Å². The van der Waals surface area contributed by atoms with E-state index in [1.165, 1.54) is 24.3 Å². The van der Waals surface area contributed by atoms with Crippen LogP contribution in [0, 0.1) is 0 Å². The number of carbonyl (C=O) groups is 4. The van der Waals surface area contributed by atoms with Crippen LogP contribution in [0.4, 0.5) is 0 Å². The van der Waals surface area contributed by atoms with E-state index < -0.39 is 71.5 Å². The van der Waals surface area contributed by atoms with Gasteiger partial charge < -0.3 is 23.7 Å². The lowest BCUT2D eigenvalue weighted by Gasteiger charge is -2.24. The van der Waals surface area contributed by atoms with Crippen molar-refractivity contribution in [3.8, 4) is 0 Å². The second-order valence-electron chi connectivity index (χ2n) is 11.5. The van der Waals surface area contributed by atoms with Crippen LogP contribution in [0.1, 0.15) is 70.4 Å². The number of unbranched alkanes of at least 4 members (excludes halogenated alkanes) is 1. The molecular formula is C37H37N3O11S. The van der Waals surface area contributed by atoms with Crippen molar-refractivity contribution in [3.63, 3.8) is 0 Å². The molecular weight excluding hydrogens is 694 g/mol. The molecule has 3 aromatic carbocycles. The summed E-state index contributed by atoms with van der Waals surface area (Å²) in [6, 6.07) is 24.1. The third-order valence-corrected chi connectivity index (χ3v) is 9.07. The monoisotopic (exact) mass is 731 g/mol. The van der Waals surface area contributed by atoms with E-state index in [1.807, 2.05) is 6.92 Å². The van der Waals surface area contributed by atoms with E-state index in [-0.39, 0.29) is 28.3 Å². The van der Waals surface area contributed by atoms with Crippen LogP contribution in [0.5, 0.6) is 0 Å². The molecule has 0 bridgehead atoms. The number of ether oxygens (including phenoxy) is 5. The van der Waals surface area contributed by atoms with Crippen molar-refractivity contribution in [2.45, 2.75) is 67.9 Å². The summed E-state index contributed by atoms with van der Waals surface area (Å²) in [4.78, 5) is 81.3. The molecule has 5 rings (SSSR count). The van der Waals surface area contributed by atoms with Gasteiger partial charge in [0, 0.05) is 0 Å². The van der Waals surface area contributed by atoms with Gasteiger partial charge in [0.25, 0.3) is 5.56 Å². The maximum atomic E-state index is 13.5. The minimum atomic E-state index is -1.61. The Labute approximate surface area is 302 Å². The Hall–Kier alpha value is -5.54. The average Bonchev–Trinajstić information content (AvgIpc) is 3.49. The summed E-state index contributed by atoms with van der Waals surface area (Å²) in [7, 11) is 0. The Bertz CT molecular complexity index is 1950. The summed E-state index contributed by atoms with van der Waals surface area (Å²) in [6.45, 7) is 3.22. The van der Waals surface area contributed by atoms with Gasteiger partial charge in [-0.1, -0.05) is 86.1 Å². The van der Waals surface area contributed by atoms with E-state index in [4.69, 9.17) is 23.7 Å². The number of hydrogen-bond acceptors (Lipinski definition) is 13. The first kappa shape index (κ1) is 37.7. The van der Waals surface area contributed by atoms with Crippen LogP contribution in [0.25, 0.3) is 0 Å². The van der Waals surface area contributed by atoms with Crippen LogP contribution >= 0.6 is 11.8 Å². The molecule has 1 N–H and O–H groups in total. The fraction of sp³-hybridized carbons (Fsp3) is 0.324. The minimum absolute atomic E-state index is 0.120. The highest BCUT2D eigenvalue weighted by Gasteiger charge is 2.52. The van der Waals surface area contributed by atoms with E-state index in [1.54, 1.807) is 73.7 Å². The number of thioether (sulfide) groups is 1. The second kappa shape index (κ2) is 18.1. The van der Waals surface area contributed by atoms with Gasteiger partial charge in [-0.2, -0.15) is 9.78 Å². The molecule has 1 aliphatic heterocycles. The summed E-state index contributed by atoms with van der Waals surface area (Å²) < 4.78 is 29.5. The SMILES string of the molecule is CCCC[C@@H](Sc1nn([C@@H]2O[C@@H](COC(=O)c3ccccc3)[C@@H](OC(=O)c3ccccc3)[C@H]2OC(=O)c2ccccc2)c(=O)[nH]c1=O)C(=O)OCC. The van der Waals surface area contributed by atoms with Crippen LogP contribution in [0.3, 0.4) is 0 Å². The largest absolute Gasteiger partial charge is 0.465 e. The highest BCUT2D eigenvalue weighted by molar-refractivity contribution is 8.00. The van der Waals surface area contributed by atoms with E-state index >= 15 is 0 Å². The Morgan fingerprint density at radius 1 is 0.788 bits per heavy atom. The molecule has 1 saturated heterocycles. The minimum Gasteiger partial charge on any atom is -0.465 e. The van der Waals surface area contributed by atoms with Crippen molar-refractivity contribution in [2.75, 3.05) is 13.2 Å². The first-order chi connectivity index (χ1) is 25.2. The predicted octanol–water partition coefficient (Wildman–Crippen LogP) is 4.35. The zero-order valence-electron chi connectivity index (χ0n) is 28.4. The van der Waals surface area contributed by atoms with Gasteiger partial charge in [0.15, 0.2) is 23.5 Å². The molecule has 4 aromatic rings. The summed E-state index contributed by atoms with van der Waals surface area (Å²) in [5.41, 5.74) is -1.38. The number of nitrogens with zero attached hydrogens (tertiary/aromatic N) is 2. The van der Waals surface area contributed by atoms with Gasteiger partial charge in [0.1, 0.15) is 18.0 Å². The molecule has 15 heteroatoms.